The molecule has 1 aromatic rings. The van der Waals surface area contributed by atoms with Gasteiger partial charge in [0, 0.05) is 17.5 Å². The molecule has 3 unspecified atom stereocenters. The number of aryl methyl sites for hydroxylation is 1. The van der Waals surface area contributed by atoms with Crippen molar-refractivity contribution in [3.05, 3.63) is 35.9 Å². The average molecular weight is 409 g/mol. The Morgan fingerprint density at radius 2 is 1.89 bits per heavy atom. The summed E-state index contributed by atoms with van der Waals surface area (Å²) in [4.78, 5) is 37.4. The van der Waals surface area contributed by atoms with Crippen LogP contribution < -0.4 is 5.32 Å². The summed E-state index contributed by atoms with van der Waals surface area (Å²) >= 11 is 1.55. The minimum absolute atomic E-state index is 0.114. The summed E-state index contributed by atoms with van der Waals surface area (Å²) in [5, 5.41) is 21.8. The molecule has 0 aliphatic carbocycles. The first-order valence-electron chi connectivity index (χ1n) is 9.42. The van der Waals surface area contributed by atoms with Gasteiger partial charge in [-0.05, 0) is 24.3 Å². The third kappa shape index (κ3) is 6.24. The monoisotopic (exact) mass is 408 g/mol. The van der Waals surface area contributed by atoms with E-state index in [1.807, 2.05) is 44.2 Å². The van der Waals surface area contributed by atoms with Crippen molar-refractivity contribution in [2.24, 2.45) is 5.92 Å². The molecule has 1 amide bonds. The number of carboxylic acids is 2. The Bertz CT molecular complexity index is 682. The number of nitrogens with zero attached hydrogens (tertiary/aromatic N) is 1. The Morgan fingerprint density at radius 3 is 2.46 bits per heavy atom. The standard InChI is InChI=1S/C20H28N2O5S/c1-13(2)17-12-28-11-16(19(25)22(17)10-18(23)24)21-15(20(26)27)9-8-14-6-4-3-5-7-14/h3-7,13,15-17,21H,8-12H2,1-2H3,(H,23,24)(H,26,27). The van der Waals surface area contributed by atoms with E-state index in [2.05, 4.69) is 5.32 Å². The lowest BCUT2D eigenvalue weighted by Crippen LogP contribution is -2.56. The molecular formula is C20H28N2O5S. The summed E-state index contributed by atoms with van der Waals surface area (Å²) in [6.07, 6.45) is 0.923. The third-order valence-electron chi connectivity index (χ3n) is 4.89. The highest BCUT2D eigenvalue weighted by Gasteiger charge is 2.37. The van der Waals surface area contributed by atoms with Gasteiger partial charge in [-0.25, -0.2) is 0 Å². The van der Waals surface area contributed by atoms with E-state index in [0.29, 0.717) is 24.3 Å². The van der Waals surface area contributed by atoms with E-state index in [9.17, 15) is 24.6 Å². The predicted octanol–water partition coefficient (Wildman–Crippen LogP) is 1.72. The molecule has 0 aromatic heterocycles. The van der Waals surface area contributed by atoms with Crippen LogP contribution in [0, 0.1) is 5.92 Å². The SMILES string of the molecule is CC(C)C1CSCC(NC(CCc2ccccc2)C(=O)O)C(=O)N1CC(=O)O. The Balaban J connectivity index is 2.10. The van der Waals surface area contributed by atoms with Gasteiger partial charge in [-0.1, -0.05) is 44.2 Å². The van der Waals surface area contributed by atoms with Crippen molar-refractivity contribution in [1.29, 1.82) is 0 Å². The molecule has 0 radical (unpaired) electrons. The number of hydrogen-bond donors (Lipinski definition) is 3. The molecule has 1 aliphatic rings. The quantitative estimate of drug-likeness (QED) is 0.571. The Hall–Kier alpha value is -2.06. The number of carbonyl (C=O) groups excluding carboxylic acids is 1. The number of hydrogen-bond acceptors (Lipinski definition) is 5. The van der Waals surface area contributed by atoms with Gasteiger partial charge in [-0.3, -0.25) is 19.7 Å². The molecule has 0 bridgehead atoms. The fraction of sp³-hybridized carbons (Fsp3) is 0.550. The maximum Gasteiger partial charge on any atom is 0.323 e. The molecule has 1 heterocycles. The van der Waals surface area contributed by atoms with Crippen LogP contribution in [-0.4, -0.2) is 69.1 Å². The van der Waals surface area contributed by atoms with E-state index in [0.717, 1.165) is 5.56 Å². The van der Waals surface area contributed by atoms with Crippen molar-refractivity contribution in [3.63, 3.8) is 0 Å². The number of thioether (sulfide) groups is 1. The smallest absolute Gasteiger partial charge is 0.323 e. The molecule has 7 nitrogen and oxygen atoms in total. The van der Waals surface area contributed by atoms with Crippen molar-refractivity contribution in [2.45, 2.75) is 44.8 Å². The summed E-state index contributed by atoms with van der Waals surface area (Å²) in [5.41, 5.74) is 1.03. The molecule has 1 fully saturated rings. The number of carbonyl (C=O) groups is 3. The summed E-state index contributed by atoms with van der Waals surface area (Å²) in [7, 11) is 0. The molecule has 1 aliphatic heterocycles. The predicted molar refractivity (Wildman–Crippen MR) is 108 cm³/mol. The molecule has 2 rings (SSSR count). The van der Waals surface area contributed by atoms with Gasteiger partial charge in [0.2, 0.25) is 5.91 Å². The molecule has 1 aromatic carbocycles. The average Bonchev–Trinajstić information content (AvgIpc) is 2.79. The van der Waals surface area contributed by atoms with E-state index in [4.69, 9.17) is 0 Å². The van der Waals surface area contributed by atoms with Gasteiger partial charge in [0.15, 0.2) is 0 Å². The normalized spacial score (nSPS) is 21.4. The van der Waals surface area contributed by atoms with Gasteiger partial charge < -0.3 is 15.1 Å². The maximum absolute atomic E-state index is 13.0. The molecule has 1 saturated heterocycles. The second-order valence-electron chi connectivity index (χ2n) is 7.34. The minimum Gasteiger partial charge on any atom is -0.480 e. The lowest BCUT2D eigenvalue weighted by Gasteiger charge is -2.33. The molecule has 0 saturated carbocycles. The summed E-state index contributed by atoms with van der Waals surface area (Å²) in [6, 6.07) is 7.80. The van der Waals surface area contributed by atoms with Gasteiger partial charge in [-0.2, -0.15) is 11.8 Å². The van der Waals surface area contributed by atoms with Gasteiger partial charge in [0.25, 0.3) is 0 Å². The topological polar surface area (TPSA) is 107 Å². The lowest BCUT2D eigenvalue weighted by molar-refractivity contribution is -0.148. The van der Waals surface area contributed by atoms with Crippen molar-refractivity contribution >= 4 is 29.6 Å². The second kappa shape index (κ2) is 10.5. The third-order valence-corrected chi connectivity index (χ3v) is 6.04. The van der Waals surface area contributed by atoms with Crippen LogP contribution in [0.5, 0.6) is 0 Å². The first-order valence-corrected chi connectivity index (χ1v) is 10.6. The first kappa shape index (κ1) is 22.2. The van der Waals surface area contributed by atoms with Crippen molar-refractivity contribution in [2.75, 3.05) is 18.1 Å². The zero-order chi connectivity index (χ0) is 20.7. The zero-order valence-corrected chi connectivity index (χ0v) is 17.0. The maximum atomic E-state index is 13.0. The van der Waals surface area contributed by atoms with Crippen molar-refractivity contribution in [1.82, 2.24) is 10.2 Å². The van der Waals surface area contributed by atoms with Crippen molar-refractivity contribution < 1.29 is 24.6 Å². The minimum atomic E-state index is -1.07. The summed E-state index contributed by atoms with van der Waals surface area (Å²) in [5.74, 6) is -1.24. The van der Waals surface area contributed by atoms with Gasteiger partial charge >= 0.3 is 11.9 Å². The molecule has 28 heavy (non-hydrogen) atoms. The highest BCUT2D eigenvalue weighted by Crippen LogP contribution is 2.23. The van der Waals surface area contributed by atoms with Crippen LogP contribution in [0.4, 0.5) is 0 Å². The summed E-state index contributed by atoms with van der Waals surface area (Å²) < 4.78 is 0. The molecule has 154 valence electrons. The van der Waals surface area contributed by atoms with Crippen LogP contribution >= 0.6 is 11.8 Å². The summed E-state index contributed by atoms with van der Waals surface area (Å²) in [6.45, 7) is 3.55. The van der Waals surface area contributed by atoms with Crippen LogP contribution in [0.3, 0.4) is 0 Å². The van der Waals surface area contributed by atoms with E-state index in [1.54, 1.807) is 11.8 Å². The van der Waals surface area contributed by atoms with Gasteiger partial charge in [0.1, 0.15) is 12.6 Å². The molecule has 3 N–H and O–H groups in total. The van der Waals surface area contributed by atoms with E-state index < -0.39 is 24.0 Å². The van der Waals surface area contributed by atoms with E-state index in [-0.39, 0.29) is 24.4 Å². The number of amides is 1. The number of carboxylic acid groups (broad SMARTS) is 2. The zero-order valence-electron chi connectivity index (χ0n) is 16.2. The largest absolute Gasteiger partial charge is 0.480 e. The number of benzene rings is 1. The highest BCUT2D eigenvalue weighted by atomic mass is 32.2. The number of nitrogens with one attached hydrogen (secondary N) is 1. The number of aliphatic carboxylic acids is 2. The van der Waals surface area contributed by atoms with Gasteiger partial charge in [0.05, 0.1) is 6.04 Å². The fourth-order valence-corrected chi connectivity index (χ4v) is 4.74. The highest BCUT2D eigenvalue weighted by molar-refractivity contribution is 7.99. The fourth-order valence-electron chi connectivity index (χ4n) is 3.32. The van der Waals surface area contributed by atoms with Crippen molar-refractivity contribution in [3.8, 4) is 0 Å². The van der Waals surface area contributed by atoms with Crippen LogP contribution in [0.2, 0.25) is 0 Å². The lowest BCUT2D eigenvalue weighted by atomic mass is 10.0. The van der Waals surface area contributed by atoms with E-state index in [1.165, 1.54) is 4.90 Å². The van der Waals surface area contributed by atoms with Gasteiger partial charge in [-0.15, -0.1) is 0 Å². The molecule has 8 heteroatoms. The Morgan fingerprint density at radius 1 is 1.21 bits per heavy atom. The van der Waals surface area contributed by atoms with Crippen LogP contribution in [-0.2, 0) is 20.8 Å². The molecule has 3 atom stereocenters. The molecule has 0 spiro atoms. The van der Waals surface area contributed by atoms with E-state index >= 15 is 0 Å². The second-order valence-corrected chi connectivity index (χ2v) is 8.42. The first-order chi connectivity index (χ1) is 13.3. The van der Waals surface area contributed by atoms with Crippen LogP contribution in [0.1, 0.15) is 25.8 Å². The Kier molecular flexibility index (Phi) is 8.32. The molecular weight excluding hydrogens is 380 g/mol. The van der Waals surface area contributed by atoms with Crippen LogP contribution in [0.15, 0.2) is 30.3 Å². The Labute approximate surface area is 169 Å². The van der Waals surface area contributed by atoms with Crippen LogP contribution in [0.25, 0.3) is 0 Å². The number of rotatable bonds is 9.